The molecule has 3 heterocycles. The topological polar surface area (TPSA) is 48.5 Å². The van der Waals surface area contributed by atoms with E-state index in [1.165, 1.54) is 32.5 Å². The number of amides is 2. The molecular weight excluding hydrogens is 296 g/mol. The van der Waals surface area contributed by atoms with Gasteiger partial charge in [0.15, 0.2) is 0 Å². The van der Waals surface area contributed by atoms with Crippen LogP contribution in [0.1, 0.15) is 36.4 Å². The average Bonchev–Trinajstić information content (AvgIpc) is 3.17. The predicted molar refractivity (Wildman–Crippen MR) is 89.1 cm³/mol. The largest absolute Gasteiger partial charge is 0.332 e. The fourth-order valence-corrected chi connectivity index (χ4v) is 4.03. The van der Waals surface area contributed by atoms with Crippen molar-refractivity contribution in [3.8, 4) is 0 Å². The molecule has 1 aromatic heterocycles. The van der Waals surface area contributed by atoms with Gasteiger partial charge in [-0.2, -0.15) is 0 Å². The van der Waals surface area contributed by atoms with Crippen molar-refractivity contribution in [1.29, 1.82) is 0 Å². The Morgan fingerprint density at radius 1 is 1.32 bits per heavy atom. The van der Waals surface area contributed by atoms with Gasteiger partial charge in [-0.3, -0.25) is 0 Å². The summed E-state index contributed by atoms with van der Waals surface area (Å²) in [6.07, 6.45) is 4.99. The first kappa shape index (κ1) is 15.7. The third kappa shape index (κ3) is 4.20. The van der Waals surface area contributed by atoms with Crippen LogP contribution in [0.4, 0.5) is 4.79 Å². The van der Waals surface area contributed by atoms with E-state index in [9.17, 15) is 4.79 Å². The lowest BCUT2D eigenvalue weighted by Gasteiger charge is -2.33. The molecule has 2 amide bonds. The lowest BCUT2D eigenvalue weighted by atomic mass is 9.96. The van der Waals surface area contributed by atoms with E-state index < -0.39 is 0 Å². The number of carbonyl (C=O) groups is 1. The summed E-state index contributed by atoms with van der Waals surface area (Å²) < 4.78 is 0. The molecule has 0 atom stereocenters. The molecule has 2 aliphatic heterocycles. The van der Waals surface area contributed by atoms with Gasteiger partial charge in [-0.1, -0.05) is 0 Å². The second-order valence-corrected chi connectivity index (χ2v) is 7.52. The Hall–Kier alpha value is -1.14. The highest BCUT2D eigenvalue weighted by molar-refractivity contribution is 7.09. The number of aryl methyl sites for hydroxylation is 1. The number of thiazole rings is 1. The molecule has 3 rings (SSSR count). The van der Waals surface area contributed by atoms with Gasteiger partial charge >= 0.3 is 6.03 Å². The molecule has 0 aliphatic carbocycles. The lowest BCUT2D eigenvalue weighted by molar-refractivity contribution is 0.154. The highest BCUT2D eigenvalue weighted by Crippen LogP contribution is 2.20. The van der Waals surface area contributed by atoms with E-state index in [2.05, 4.69) is 15.2 Å². The first-order chi connectivity index (χ1) is 10.7. The maximum absolute atomic E-state index is 12.2. The van der Waals surface area contributed by atoms with Crippen molar-refractivity contribution in [3.63, 3.8) is 0 Å². The van der Waals surface area contributed by atoms with Crippen molar-refractivity contribution in [3.05, 3.63) is 16.1 Å². The summed E-state index contributed by atoms with van der Waals surface area (Å²) in [5, 5.41) is 6.05. The van der Waals surface area contributed by atoms with E-state index in [1.807, 2.05) is 17.2 Å². The summed E-state index contributed by atoms with van der Waals surface area (Å²) in [4.78, 5) is 21.1. The van der Waals surface area contributed by atoms with E-state index in [0.717, 1.165) is 42.6 Å². The molecule has 2 aliphatic rings. The summed E-state index contributed by atoms with van der Waals surface area (Å²) in [5.41, 5.74) is 0.958. The van der Waals surface area contributed by atoms with Gasteiger partial charge in [-0.25, -0.2) is 9.78 Å². The maximum Gasteiger partial charge on any atom is 0.317 e. The van der Waals surface area contributed by atoms with Gasteiger partial charge < -0.3 is 15.1 Å². The first-order valence-corrected chi connectivity index (χ1v) is 9.25. The van der Waals surface area contributed by atoms with Gasteiger partial charge in [0, 0.05) is 25.0 Å². The van der Waals surface area contributed by atoms with Crippen LogP contribution in [0, 0.1) is 12.8 Å². The fraction of sp³-hybridized carbons (Fsp3) is 0.750. The first-order valence-electron chi connectivity index (χ1n) is 8.37. The maximum atomic E-state index is 12.2. The number of hydrogen-bond donors (Lipinski definition) is 1. The molecule has 0 unspecified atom stereocenters. The van der Waals surface area contributed by atoms with Crippen molar-refractivity contribution >= 4 is 17.4 Å². The van der Waals surface area contributed by atoms with Gasteiger partial charge in [0.25, 0.3) is 0 Å². The summed E-state index contributed by atoms with van der Waals surface area (Å²) in [6, 6.07) is 0.0604. The Bertz CT molecular complexity index is 490. The van der Waals surface area contributed by atoms with Crippen LogP contribution in [0.15, 0.2) is 5.38 Å². The smallest absolute Gasteiger partial charge is 0.317 e. The average molecular weight is 322 g/mol. The minimum absolute atomic E-state index is 0.0604. The third-order valence-electron chi connectivity index (χ3n) is 4.70. The third-order valence-corrected chi connectivity index (χ3v) is 5.53. The monoisotopic (exact) mass is 322 g/mol. The molecule has 0 spiro atoms. The van der Waals surface area contributed by atoms with Crippen molar-refractivity contribution < 1.29 is 4.79 Å². The SMILES string of the molecule is Cc1nc(CNC(=O)N2CCC(CN3CCCC3)CC2)cs1. The molecule has 22 heavy (non-hydrogen) atoms. The Kier molecular flexibility index (Phi) is 5.31. The van der Waals surface area contributed by atoms with Crippen LogP contribution in [-0.2, 0) is 6.54 Å². The summed E-state index contributed by atoms with van der Waals surface area (Å²) in [5.74, 6) is 0.767. The number of nitrogens with one attached hydrogen (secondary N) is 1. The quantitative estimate of drug-likeness (QED) is 0.926. The number of piperidine rings is 1. The minimum atomic E-state index is 0.0604. The summed E-state index contributed by atoms with van der Waals surface area (Å²) in [6.45, 7) is 8.08. The Morgan fingerprint density at radius 3 is 2.68 bits per heavy atom. The van der Waals surface area contributed by atoms with E-state index in [-0.39, 0.29) is 6.03 Å². The van der Waals surface area contributed by atoms with E-state index in [4.69, 9.17) is 0 Å². The molecule has 2 saturated heterocycles. The highest BCUT2D eigenvalue weighted by atomic mass is 32.1. The summed E-state index contributed by atoms with van der Waals surface area (Å²) >= 11 is 1.63. The molecule has 0 aromatic carbocycles. The Balaban J connectivity index is 1.37. The van der Waals surface area contributed by atoms with Crippen LogP contribution in [0.25, 0.3) is 0 Å². The normalized spacial score (nSPS) is 20.5. The Labute approximate surface area is 136 Å². The summed E-state index contributed by atoms with van der Waals surface area (Å²) in [7, 11) is 0. The van der Waals surface area contributed by atoms with Crippen molar-refractivity contribution in [1.82, 2.24) is 20.1 Å². The molecular formula is C16H26N4OS. The number of aromatic nitrogens is 1. The van der Waals surface area contributed by atoms with Gasteiger partial charge in [0.2, 0.25) is 0 Å². The van der Waals surface area contributed by atoms with Crippen molar-refractivity contribution in [2.45, 2.75) is 39.2 Å². The molecule has 6 heteroatoms. The molecule has 0 saturated carbocycles. The molecule has 2 fully saturated rings. The molecule has 122 valence electrons. The van der Waals surface area contributed by atoms with Crippen molar-refractivity contribution in [2.24, 2.45) is 5.92 Å². The lowest BCUT2D eigenvalue weighted by Crippen LogP contribution is -2.45. The van der Waals surface area contributed by atoms with E-state index in [1.54, 1.807) is 11.3 Å². The molecule has 0 radical (unpaired) electrons. The second kappa shape index (κ2) is 7.42. The number of likely N-dealkylation sites (tertiary alicyclic amines) is 2. The van der Waals surface area contributed by atoms with Crippen LogP contribution < -0.4 is 5.32 Å². The molecule has 1 N–H and O–H groups in total. The molecule has 1 aromatic rings. The number of nitrogens with zero attached hydrogens (tertiary/aromatic N) is 3. The van der Waals surface area contributed by atoms with Crippen LogP contribution in [0.2, 0.25) is 0 Å². The zero-order chi connectivity index (χ0) is 15.4. The number of carbonyl (C=O) groups excluding carboxylic acids is 1. The van der Waals surface area contributed by atoms with Crippen LogP contribution >= 0.6 is 11.3 Å². The Morgan fingerprint density at radius 2 is 2.05 bits per heavy atom. The second-order valence-electron chi connectivity index (χ2n) is 6.45. The van der Waals surface area contributed by atoms with E-state index >= 15 is 0 Å². The van der Waals surface area contributed by atoms with Gasteiger partial charge in [-0.15, -0.1) is 11.3 Å². The number of hydrogen-bond acceptors (Lipinski definition) is 4. The van der Waals surface area contributed by atoms with Gasteiger partial charge in [0.05, 0.1) is 17.2 Å². The standard InChI is InChI=1S/C16H26N4OS/c1-13-18-15(12-22-13)10-17-16(21)20-8-4-14(5-9-20)11-19-6-2-3-7-19/h12,14H,2-11H2,1H3,(H,17,21). The van der Waals surface area contributed by atoms with Gasteiger partial charge in [0.1, 0.15) is 0 Å². The van der Waals surface area contributed by atoms with Crippen LogP contribution in [-0.4, -0.2) is 53.5 Å². The van der Waals surface area contributed by atoms with Crippen LogP contribution in [0.5, 0.6) is 0 Å². The van der Waals surface area contributed by atoms with Crippen molar-refractivity contribution in [2.75, 3.05) is 32.7 Å². The fourth-order valence-electron chi connectivity index (χ4n) is 3.42. The molecule has 5 nitrogen and oxygen atoms in total. The zero-order valence-corrected chi connectivity index (χ0v) is 14.2. The number of urea groups is 1. The van der Waals surface area contributed by atoms with Gasteiger partial charge in [-0.05, 0) is 51.6 Å². The minimum Gasteiger partial charge on any atom is -0.332 e. The zero-order valence-electron chi connectivity index (χ0n) is 13.4. The molecule has 0 bridgehead atoms. The van der Waals surface area contributed by atoms with Crippen LogP contribution in [0.3, 0.4) is 0 Å². The number of rotatable bonds is 4. The van der Waals surface area contributed by atoms with E-state index in [0.29, 0.717) is 6.54 Å². The predicted octanol–water partition coefficient (Wildman–Crippen LogP) is 2.47. The highest BCUT2D eigenvalue weighted by Gasteiger charge is 2.25.